The van der Waals surface area contributed by atoms with Gasteiger partial charge in [-0.3, -0.25) is 0 Å². The van der Waals surface area contributed by atoms with Gasteiger partial charge in [-0.1, -0.05) is 32.4 Å². The minimum absolute atomic E-state index is 0.151. The fraction of sp³-hybridized carbons (Fsp3) is 0.467. The minimum Gasteiger partial charge on any atom is -0.490 e. The van der Waals surface area contributed by atoms with Crippen LogP contribution in [0.25, 0.3) is 0 Å². The van der Waals surface area contributed by atoms with Gasteiger partial charge in [0.1, 0.15) is 30.6 Å². The quantitative estimate of drug-likeness (QED) is 0.922. The van der Waals surface area contributed by atoms with Crippen LogP contribution in [0.3, 0.4) is 0 Å². The van der Waals surface area contributed by atoms with E-state index in [1.807, 2.05) is 20.8 Å². The summed E-state index contributed by atoms with van der Waals surface area (Å²) < 4.78 is 7.34. The molecule has 0 bridgehead atoms. The number of ether oxygens (including phenoxy) is 1. The molecular formula is C15H20ClN3O2. The summed E-state index contributed by atoms with van der Waals surface area (Å²) in [5.41, 5.74) is -1.47. The Labute approximate surface area is 129 Å². The van der Waals surface area contributed by atoms with Gasteiger partial charge in [-0.25, -0.2) is 9.67 Å². The van der Waals surface area contributed by atoms with Crippen LogP contribution in [-0.4, -0.2) is 32.1 Å². The molecule has 0 amide bonds. The van der Waals surface area contributed by atoms with Crippen LogP contribution < -0.4 is 4.74 Å². The van der Waals surface area contributed by atoms with Crippen LogP contribution >= 0.6 is 11.6 Å². The van der Waals surface area contributed by atoms with Gasteiger partial charge >= 0.3 is 0 Å². The van der Waals surface area contributed by atoms with Crippen LogP contribution in [0.1, 0.15) is 20.8 Å². The van der Waals surface area contributed by atoms with E-state index in [0.717, 1.165) is 0 Å². The molecule has 0 unspecified atom stereocenters. The average Bonchev–Trinajstić information content (AvgIpc) is 2.89. The molecule has 2 rings (SSSR count). The normalized spacial score (nSPS) is 14.7. The molecule has 1 N–H and O–H groups in total. The molecule has 0 aliphatic heterocycles. The third-order valence-electron chi connectivity index (χ3n) is 3.58. The third-order valence-corrected chi connectivity index (χ3v) is 3.83. The first-order valence-corrected chi connectivity index (χ1v) is 7.11. The fourth-order valence-electron chi connectivity index (χ4n) is 1.82. The summed E-state index contributed by atoms with van der Waals surface area (Å²) in [7, 11) is 0. The summed E-state index contributed by atoms with van der Waals surface area (Å²) in [5, 5.41) is 15.7. The van der Waals surface area contributed by atoms with Crippen molar-refractivity contribution in [3.8, 4) is 5.75 Å². The Morgan fingerprint density at radius 3 is 2.43 bits per heavy atom. The summed E-state index contributed by atoms with van der Waals surface area (Å²) in [6, 6.07) is 7.07. The second-order valence-electron chi connectivity index (χ2n) is 6.12. The molecule has 21 heavy (non-hydrogen) atoms. The van der Waals surface area contributed by atoms with Crippen molar-refractivity contribution < 1.29 is 9.84 Å². The van der Waals surface area contributed by atoms with Gasteiger partial charge in [-0.2, -0.15) is 5.10 Å². The van der Waals surface area contributed by atoms with Gasteiger partial charge in [0, 0.05) is 5.02 Å². The van der Waals surface area contributed by atoms with Crippen molar-refractivity contribution in [3.05, 3.63) is 41.9 Å². The zero-order valence-corrected chi connectivity index (χ0v) is 13.2. The lowest BCUT2D eigenvalue weighted by atomic mass is 9.77. The maximum Gasteiger partial charge on any atom is 0.137 e. The number of hydrogen-bond acceptors (Lipinski definition) is 4. The van der Waals surface area contributed by atoms with E-state index in [-0.39, 0.29) is 12.0 Å². The molecule has 1 atom stereocenters. The van der Waals surface area contributed by atoms with Gasteiger partial charge < -0.3 is 9.84 Å². The Morgan fingerprint density at radius 2 is 1.90 bits per heavy atom. The standard InChI is InChI=1S/C15H20ClN3O2/c1-14(2,3)15(20,8-19-11-17-10-18-19)9-21-13-6-4-12(16)5-7-13/h4-7,10-11,20H,8-9H2,1-3H3/t15-/m0/s1. The van der Waals surface area contributed by atoms with Crippen molar-refractivity contribution in [2.75, 3.05) is 6.61 Å². The molecule has 5 nitrogen and oxygen atoms in total. The summed E-state index contributed by atoms with van der Waals surface area (Å²) in [6.07, 6.45) is 3.03. The predicted octanol–water partition coefficient (Wildman–Crippen LogP) is 2.79. The van der Waals surface area contributed by atoms with E-state index in [2.05, 4.69) is 10.1 Å². The monoisotopic (exact) mass is 309 g/mol. The molecule has 0 aliphatic rings. The lowest BCUT2D eigenvalue weighted by Crippen LogP contribution is -2.51. The van der Waals surface area contributed by atoms with Crippen LogP contribution in [-0.2, 0) is 6.54 Å². The van der Waals surface area contributed by atoms with Gasteiger partial charge in [0.15, 0.2) is 0 Å². The van der Waals surface area contributed by atoms with E-state index < -0.39 is 5.60 Å². The number of halogens is 1. The van der Waals surface area contributed by atoms with Gasteiger partial charge in [-0.05, 0) is 29.7 Å². The number of rotatable bonds is 5. The lowest BCUT2D eigenvalue weighted by molar-refractivity contribution is -0.101. The Hall–Kier alpha value is -1.59. The lowest BCUT2D eigenvalue weighted by Gasteiger charge is -2.39. The molecule has 6 heteroatoms. The van der Waals surface area contributed by atoms with Crippen LogP contribution in [0.5, 0.6) is 5.75 Å². The summed E-state index contributed by atoms with van der Waals surface area (Å²) in [5.74, 6) is 0.667. The Balaban J connectivity index is 2.11. The van der Waals surface area contributed by atoms with E-state index in [1.54, 1.807) is 35.3 Å². The molecule has 1 aromatic heterocycles. The molecule has 0 saturated heterocycles. The van der Waals surface area contributed by atoms with Gasteiger partial charge in [0.05, 0.1) is 6.54 Å². The highest BCUT2D eigenvalue weighted by atomic mass is 35.5. The highest BCUT2D eigenvalue weighted by molar-refractivity contribution is 6.30. The van der Waals surface area contributed by atoms with Gasteiger partial charge in [-0.15, -0.1) is 0 Å². The Morgan fingerprint density at radius 1 is 1.24 bits per heavy atom. The highest BCUT2D eigenvalue weighted by Gasteiger charge is 2.41. The van der Waals surface area contributed by atoms with Crippen molar-refractivity contribution in [2.24, 2.45) is 5.41 Å². The second-order valence-corrected chi connectivity index (χ2v) is 6.55. The highest BCUT2D eigenvalue weighted by Crippen LogP contribution is 2.32. The van der Waals surface area contributed by atoms with Crippen LogP contribution in [0.15, 0.2) is 36.9 Å². The molecule has 114 valence electrons. The number of hydrogen-bond donors (Lipinski definition) is 1. The van der Waals surface area contributed by atoms with Crippen molar-refractivity contribution >= 4 is 11.6 Å². The van der Waals surface area contributed by atoms with E-state index in [9.17, 15) is 5.11 Å². The molecule has 0 radical (unpaired) electrons. The van der Waals surface area contributed by atoms with Crippen molar-refractivity contribution in [2.45, 2.75) is 32.9 Å². The molecule has 2 aromatic rings. The van der Waals surface area contributed by atoms with E-state index in [0.29, 0.717) is 17.3 Å². The first-order chi connectivity index (χ1) is 9.80. The van der Waals surface area contributed by atoms with Gasteiger partial charge in [0.2, 0.25) is 0 Å². The molecule has 1 heterocycles. The largest absolute Gasteiger partial charge is 0.490 e. The van der Waals surface area contributed by atoms with Crippen LogP contribution in [0.4, 0.5) is 0 Å². The number of aromatic nitrogens is 3. The molecule has 0 aliphatic carbocycles. The number of benzene rings is 1. The Kier molecular flexibility index (Phi) is 4.54. The summed E-state index contributed by atoms with van der Waals surface area (Å²) in [4.78, 5) is 3.90. The maximum absolute atomic E-state index is 11.0. The van der Waals surface area contributed by atoms with Crippen LogP contribution in [0, 0.1) is 5.41 Å². The zero-order valence-electron chi connectivity index (χ0n) is 12.5. The molecule has 0 saturated carbocycles. The second kappa shape index (κ2) is 6.03. The first-order valence-electron chi connectivity index (χ1n) is 6.73. The van der Waals surface area contributed by atoms with Crippen molar-refractivity contribution in [3.63, 3.8) is 0 Å². The summed E-state index contributed by atoms with van der Waals surface area (Å²) in [6.45, 7) is 6.36. The average molecular weight is 310 g/mol. The van der Waals surface area contributed by atoms with E-state index in [4.69, 9.17) is 16.3 Å². The van der Waals surface area contributed by atoms with Crippen molar-refractivity contribution in [1.82, 2.24) is 14.8 Å². The first kappa shape index (κ1) is 15.8. The van der Waals surface area contributed by atoms with Crippen molar-refractivity contribution in [1.29, 1.82) is 0 Å². The van der Waals surface area contributed by atoms with Crippen LogP contribution in [0.2, 0.25) is 5.02 Å². The fourth-order valence-corrected chi connectivity index (χ4v) is 1.94. The molecular weight excluding hydrogens is 290 g/mol. The SMILES string of the molecule is CC(C)(C)[C@@](O)(COc1ccc(Cl)cc1)Cn1cncn1. The molecule has 0 spiro atoms. The Bertz CT molecular complexity index is 564. The predicted molar refractivity (Wildman–Crippen MR) is 81.4 cm³/mol. The minimum atomic E-state index is -1.08. The van der Waals surface area contributed by atoms with E-state index >= 15 is 0 Å². The smallest absolute Gasteiger partial charge is 0.137 e. The zero-order chi connectivity index (χ0) is 15.5. The van der Waals surface area contributed by atoms with E-state index in [1.165, 1.54) is 6.33 Å². The molecule has 0 fully saturated rings. The summed E-state index contributed by atoms with van der Waals surface area (Å²) >= 11 is 5.85. The number of aliphatic hydroxyl groups is 1. The topological polar surface area (TPSA) is 60.2 Å². The maximum atomic E-state index is 11.0. The van der Waals surface area contributed by atoms with Gasteiger partial charge in [0.25, 0.3) is 0 Å². The number of nitrogens with zero attached hydrogens (tertiary/aromatic N) is 3. The molecule has 1 aromatic carbocycles. The third kappa shape index (κ3) is 3.95.